The summed E-state index contributed by atoms with van der Waals surface area (Å²) in [6.45, 7) is 3.81. The van der Waals surface area contributed by atoms with Gasteiger partial charge in [0.1, 0.15) is 11.9 Å². The fourth-order valence-electron chi connectivity index (χ4n) is 2.86. The van der Waals surface area contributed by atoms with Crippen molar-refractivity contribution in [3.05, 3.63) is 35.9 Å². The van der Waals surface area contributed by atoms with Gasteiger partial charge in [-0.15, -0.1) is 0 Å². The van der Waals surface area contributed by atoms with E-state index in [4.69, 9.17) is 4.74 Å². The molecule has 1 atom stereocenters. The van der Waals surface area contributed by atoms with Crippen LogP contribution in [0.4, 0.5) is 5.82 Å². The maximum Gasteiger partial charge on any atom is 0.144 e. The standard InChI is InChI=1S/C17H19N3O/c1-12(13-6-8-21-9-7-13)19-17-15(11-18)10-14-4-2-3-5-16(14)20-17/h2-5,10,12-13H,6-9H2,1H3,(H,19,20). The van der Waals surface area contributed by atoms with E-state index in [-0.39, 0.29) is 6.04 Å². The van der Waals surface area contributed by atoms with E-state index in [0.717, 1.165) is 37.0 Å². The lowest BCUT2D eigenvalue weighted by molar-refractivity contribution is 0.0622. The van der Waals surface area contributed by atoms with Crippen molar-refractivity contribution in [2.75, 3.05) is 18.5 Å². The third-order valence-corrected chi connectivity index (χ3v) is 4.18. The summed E-state index contributed by atoms with van der Waals surface area (Å²) in [5.74, 6) is 1.26. The van der Waals surface area contributed by atoms with E-state index in [1.165, 1.54) is 0 Å². The number of rotatable bonds is 3. The fourth-order valence-corrected chi connectivity index (χ4v) is 2.86. The predicted molar refractivity (Wildman–Crippen MR) is 83.1 cm³/mol. The number of hydrogen-bond donors (Lipinski definition) is 1. The molecule has 1 aliphatic heterocycles. The quantitative estimate of drug-likeness (QED) is 0.937. The van der Waals surface area contributed by atoms with E-state index >= 15 is 0 Å². The number of ether oxygens (including phenoxy) is 1. The first-order valence-corrected chi connectivity index (χ1v) is 7.42. The molecule has 0 spiro atoms. The molecule has 1 aliphatic rings. The number of para-hydroxylation sites is 1. The fraction of sp³-hybridized carbons (Fsp3) is 0.412. The Morgan fingerprint density at radius 2 is 2.10 bits per heavy atom. The van der Waals surface area contributed by atoms with Gasteiger partial charge in [-0.1, -0.05) is 18.2 Å². The Bertz CT molecular complexity index is 671. The summed E-state index contributed by atoms with van der Waals surface area (Å²) in [4.78, 5) is 4.62. The van der Waals surface area contributed by atoms with Crippen molar-refractivity contribution < 1.29 is 4.74 Å². The minimum atomic E-state index is 0.287. The molecule has 1 unspecified atom stereocenters. The average Bonchev–Trinajstić information content (AvgIpc) is 2.55. The first-order chi connectivity index (χ1) is 10.3. The van der Waals surface area contributed by atoms with Gasteiger partial charge in [0.2, 0.25) is 0 Å². The first kappa shape index (κ1) is 13.8. The molecule has 0 bridgehead atoms. The second-order valence-electron chi connectivity index (χ2n) is 5.57. The molecule has 108 valence electrons. The van der Waals surface area contributed by atoms with Crippen LogP contribution in [0.5, 0.6) is 0 Å². The van der Waals surface area contributed by atoms with Gasteiger partial charge in [-0.05, 0) is 37.8 Å². The van der Waals surface area contributed by atoms with Crippen molar-refractivity contribution in [1.29, 1.82) is 5.26 Å². The predicted octanol–water partition coefficient (Wildman–Crippen LogP) is 3.33. The number of nitriles is 1. The van der Waals surface area contributed by atoms with Crippen molar-refractivity contribution >= 4 is 16.7 Å². The first-order valence-electron chi connectivity index (χ1n) is 7.42. The zero-order valence-corrected chi connectivity index (χ0v) is 12.2. The van der Waals surface area contributed by atoms with E-state index in [9.17, 15) is 5.26 Å². The van der Waals surface area contributed by atoms with Crippen LogP contribution in [0, 0.1) is 17.2 Å². The van der Waals surface area contributed by atoms with Gasteiger partial charge in [0.05, 0.1) is 11.1 Å². The second kappa shape index (κ2) is 6.11. The van der Waals surface area contributed by atoms with Crippen LogP contribution in [0.15, 0.2) is 30.3 Å². The smallest absolute Gasteiger partial charge is 0.144 e. The summed E-state index contributed by atoms with van der Waals surface area (Å²) in [7, 11) is 0. The van der Waals surface area contributed by atoms with Crippen LogP contribution in [0.2, 0.25) is 0 Å². The van der Waals surface area contributed by atoms with Crippen molar-refractivity contribution in [2.24, 2.45) is 5.92 Å². The average molecular weight is 281 g/mol. The highest BCUT2D eigenvalue weighted by Crippen LogP contribution is 2.24. The van der Waals surface area contributed by atoms with Gasteiger partial charge in [0.15, 0.2) is 0 Å². The molecule has 0 amide bonds. The molecule has 2 aromatic rings. The number of nitrogens with one attached hydrogen (secondary N) is 1. The highest BCUT2D eigenvalue weighted by Gasteiger charge is 2.21. The topological polar surface area (TPSA) is 57.9 Å². The van der Waals surface area contributed by atoms with E-state index < -0.39 is 0 Å². The minimum Gasteiger partial charge on any atom is -0.381 e. The van der Waals surface area contributed by atoms with E-state index in [2.05, 4.69) is 23.3 Å². The summed E-state index contributed by atoms with van der Waals surface area (Å²) >= 11 is 0. The number of benzene rings is 1. The number of fused-ring (bicyclic) bond motifs is 1. The maximum absolute atomic E-state index is 9.35. The van der Waals surface area contributed by atoms with Crippen LogP contribution < -0.4 is 5.32 Å². The molecule has 1 N–H and O–H groups in total. The molecule has 1 aromatic carbocycles. The maximum atomic E-state index is 9.35. The van der Waals surface area contributed by atoms with E-state index in [0.29, 0.717) is 17.3 Å². The van der Waals surface area contributed by atoms with E-state index in [1.54, 1.807) is 0 Å². The van der Waals surface area contributed by atoms with Crippen molar-refractivity contribution in [3.63, 3.8) is 0 Å². The molecule has 1 fully saturated rings. The summed E-state index contributed by atoms with van der Waals surface area (Å²) in [6.07, 6.45) is 2.12. The largest absolute Gasteiger partial charge is 0.381 e. The molecule has 4 heteroatoms. The van der Waals surface area contributed by atoms with Gasteiger partial charge in [0, 0.05) is 24.6 Å². The van der Waals surface area contributed by atoms with Crippen LogP contribution in [0.25, 0.3) is 10.9 Å². The van der Waals surface area contributed by atoms with Gasteiger partial charge in [-0.3, -0.25) is 0 Å². The number of anilines is 1. The summed E-state index contributed by atoms with van der Waals surface area (Å²) < 4.78 is 5.41. The molecular formula is C17H19N3O. The zero-order valence-electron chi connectivity index (χ0n) is 12.2. The zero-order chi connectivity index (χ0) is 14.7. The second-order valence-corrected chi connectivity index (χ2v) is 5.57. The summed E-state index contributed by atoms with van der Waals surface area (Å²) in [5, 5.41) is 13.8. The van der Waals surface area contributed by atoms with Crippen LogP contribution >= 0.6 is 0 Å². The summed E-state index contributed by atoms with van der Waals surface area (Å²) in [5.41, 5.74) is 1.52. The third kappa shape index (κ3) is 2.98. The van der Waals surface area contributed by atoms with Crippen molar-refractivity contribution in [1.82, 2.24) is 4.98 Å². The van der Waals surface area contributed by atoms with Gasteiger partial charge in [-0.2, -0.15) is 5.26 Å². The van der Waals surface area contributed by atoms with Crippen molar-refractivity contribution in [2.45, 2.75) is 25.8 Å². The molecule has 1 saturated heterocycles. The highest BCUT2D eigenvalue weighted by atomic mass is 16.5. The number of hydrogen-bond acceptors (Lipinski definition) is 4. The van der Waals surface area contributed by atoms with Crippen LogP contribution in [0.3, 0.4) is 0 Å². The Balaban J connectivity index is 1.86. The molecule has 2 heterocycles. The SMILES string of the molecule is CC(Nc1nc2ccccc2cc1C#N)C1CCOCC1. The van der Waals surface area contributed by atoms with Crippen LogP contribution in [0.1, 0.15) is 25.3 Å². The number of aromatic nitrogens is 1. The van der Waals surface area contributed by atoms with Crippen LogP contribution in [-0.2, 0) is 4.74 Å². The normalized spacial score (nSPS) is 17.3. The lowest BCUT2D eigenvalue weighted by Crippen LogP contribution is -2.31. The molecule has 21 heavy (non-hydrogen) atoms. The molecule has 0 aliphatic carbocycles. The summed E-state index contributed by atoms with van der Waals surface area (Å²) in [6, 6.07) is 12.3. The lowest BCUT2D eigenvalue weighted by atomic mass is 9.93. The minimum absolute atomic E-state index is 0.287. The van der Waals surface area contributed by atoms with Gasteiger partial charge >= 0.3 is 0 Å². The van der Waals surface area contributed by atoms with Gasteiger partial charge < -0.3 is 10.1 Å². The third-order valence-electron chi connectivity index (χ3n) is 4.18. The molecule has 0 saturated carbocycles. The number of pyridine rings is 1. The lowest BCUT2D eigenvalue weighted by Gasteiger charge is -2.29. The molecule has 3 rings (SSSR count). The van der Waals surface area contributed by atoms with Gasteiger partial charge in [-0.25, -0.2) is 4.98 Å². The van der Waals surface area contributed by atoms with Gasteiger partial charge in [0.25, 0.3) is 0 Å². The van der Waals surface area contributed by atoms with Crippen LogP contribution in [-0.4, -0.2) is 24.2 Å². The Hall–Kier alpha value is -2.12. The Kier molecular flexibility index (Phi) is 4.03. The monoisotopic (exact) mass is 281 g/mol. The highest BCUT2D eigenvalue weighted by molar-refractivity contribution is 5.82. The Labute approximate surface area is 124 Å². The Morgan fingerprint density at radius 1 is 1.33 bits per heavy atom. The molecule has 4 nitrogen and oxygen atoms in total. The van der Waals surface area contributed by atoms with E-state index in [1.807, 2.05) is 30.3 Å². The molecule has 1 aromatic heterocycles. The Morgan fingerprint density at radius 3 is 2.86 bits per heavy atom. The molecular weight excluding hydrogens is 262 g/mol. The number of nitrogens with zero attached hydrogens (tertiary/aromatic N) is 2. The van der Waals surface area contributed by atoms with Crippen molar-refractivity contribution in [3.8, 4) is 6.07 Å². The molecule has 0 radical (unpaired) electrons.